The smallest absolute Gasteiger partial charge is 0.317 e. The number of nitrogens with zero attached hydrogens (tertiary/aromatic N) is 4. The summed E-state index contributed by atoms with van der Waals surface area (Å²) in [6.07, 6.45) is 0. The third-order valence-corrected chi connectivity index (χ3v) is 7.24. The van der Waals surface area contributed by atoms with E-state index in [1.165, 1.54) is 29.2 Å². The quantitative estimate of drug-likeness (QED) is 0.150. The molecule has 0 bridgehead atoms. The third-order valence-electron chi connectivity index (χ3n) is 6.28. The zero-order valence-corrected chi connectivity index (χ0v) is 22.5. The van der Waals surface area contributed by atoms with Crippen LogP contribution in [0.5, 0.6) is 0 Å². The molecule has 0 aromatic heterocycles. The molecule has 0 aliphatic carbocycles. The molecule has 4 N–H and O–H groups in total. The Hall–Kier alpha value is -3.07. The van der Waals surface area contributed by atoms with Gasteiger partial charge in [0.05, 0.1) is 30.6 Å². The number of aliphatic carboxylic acids is 3. The summed E-state index contributed by atoms with van der Waals surface area (Å²) in [4.78, 5) is 50.3. The molecular formula is C23H34N5O10P. The van der Waals surface area contributed by atoms with Crippen LogP contribution in [0.1, 0.15) is 12.5 Å². The fraction of sp³-hybridized carbons (Fsp3) is 0.609. The Morgan fingerprint density at radius 1 is 1.00 bits per heavy atom. The van der Waals surface area contributed by atoms with Crippen molar-refractivity contribution >= 4 is 32.1 Å². The van der Waals surface area contributed by atoms with Crippen molar-refractivity contribution < 1.29 is 43.9 Å². The maximum absolute atomic E-state index is 13.0. The summed E-state index contributed by atoms with van der Waals surface area (Å²) in [5.74, 6) is -3.36. The number of non-ortho nitro benzene ring substituents is 1. The Morgan fingerprint density at radius 3 is 2.10 bits per heavy atom. The van der Waals surface area contributed by atoms with Crippen LogP contribution < -0.4 is 5.32 Å². The van der Waals surface area contributed by atoms with Crippen LogP contribution in [0.2, 0.25) is 0 Å². The van der Waals surface area contributed by atoms with Crippen LogP contribution in [0.15, 0.2) is 24.3 Å². The van der Waals surface area contributed by atoms with Crippen molar-refractivity contribution in [3.63, 3.8) is 0 Å². The molecule has 39 heavy (non-hydrogen) atoms. The lowest BCUT2D eigenvalue weighted by Crippen LogP contribution is -2.58. The highest BCUT2D eigenvalue weighted by Crippen LogP contribution is 2.43. The Morgan fingerprint density at radius 2 is 1.56 bits per heavy atom. The van der Waals surface area contributed by atoms with Gasteiger partial charge in [-0.2, -0.15) is 0 Å². The second kappa shape index (κ2) is 15.5. The van der Waals surface area contributed by atoms with E-state index in [9.17, 15) is 44.4 Å². The van der Waals surface area contributed by atoms with Gasteiger partial charge < -0.3 is 25.4 Å². The minimum absolute atomic E-state index is 0.0488. The van der Waals surface area contributed by atoms with Gasteiger partial charge >= 0.3 is 17.9 Å². The Labute approximate surface area is 226 Å². The number of carboxylic acids is 3. The number of hydrogen-bond donors (Lipinski definition) is 4. The van der Waals surface area contributed by atoms with E-state index in [4.69, 9.17) is 4.74 Å². The number of carbonyl (C=O) groups is 3. The van der Waals surface area contributed by atoms with Gasteiger partial charge in [0, 0.05) is 64.6 Å². The molecule has 2 atom stereocenters. The number of nitro groups is 1. The van der Waals surface area contributed by atoms with Gasteiger partial charge in [-0.05, 0) is 24.6 Å². The molecule has 1 aromatic rings. The first-order valence-corrected chi connectivity index (χ1v) is 13.1. The molecule has 1 aromatic carbocycles. The average Bonchev–Trinajstić information content (AvgIpc) is 2.86. The number of hydrogen-bond acceptors (Lipinski definition) is 11. The van der Waals surface area contributed by atoms with E-state index in [1.54, 1.807) is 16.7 Å². The van der Waals surface area contributed by atoms with Crippen molar-refractivity contribution in [1.29, 1.82) is 0 Å². The summed E-state index contributed by atoms with van der Waals surface area (Å²) in [5.41, 5.74) is 0.0814. The first kappa shape index (κ1) is 32.1. The summed E-state index contributed by atoms with van der Waals surface area (Å²) in [6.45, 7) is 1.97. The fourth-order valence-corrected chi connectivity index (χ4v) is 5.36. The summed E-state index contributed by atoms with van der Waals surface area (Å²) in [6, 6.07) is 4.25. The van der Waals surface area contributed by atoms with Gasteiger partial charge in [-0.3, -0.25) is 43.8 Å². The summed E-state index contributed by atoms with van der Waals surface area (Å²) >= 11 is 0. The molecule has 2 unspecified atom stereocenters. The minimum Gasteiger partial charge on any atom is -0.480 e. The fourth-order valence-electron chi connectivity index (χ4n) is 4.56. The molecule has 1 saturated heterocycles. The molecule has 216 valence electrons. The number of nitro benzene ring substituents is 1. The molecule has 1 heterocycles. The van der Waals surface area contributed by atoms with E-state index in [2.05, 4.69) is 5.32 Å². The average molecular weight is 572 g/mol. The zero-order valence-electron chi connectivity index (χ0n) is 21.6. The number of rotatable bonds is 12. The number of nitrogens with one attached hydrogen (secondary N) is 1. The van der Waals surface area contributed by atoms with Gasteiger partial charge in [0.1, 0.15) is 0 Å². The highest BCUT2D eigenvalue weighted by atomic mass is 31.1. The van der Waals surface area contributed by atoms with Crippen LogP contribution in [-0.2, 0) is 29.0 Å². The van der Waals surface area contributed by atoms with Crippen molar-refractivity contribution in [2.45, 2.75) is 18.3 Å². The molecule has 0 saturated carbocycles. The van der Waals surface area contributed by atoms with E-state index in [-0.39, 0.29) is 50.6 Å². The molecule has 0 spiro atoms. The third kappa shape index (κ3) is 9.56. The van der Waals surface area contributed by atoms with Crippen LogP contribution in [0, 0.1) is 10.1 Å². The summed E-state index contributed by atoms with van der Waals surface area (Å²) in [7, 11) is -0.566. The van der Waals surface area contributed by atoms with Crippen LogP contribution in [0.3, 0.4) is 0 Å². The van der Waals surface area contributed by atoms with Gasteiger partial charge in [0.2, 0.25) is 0 Å². The van der Waals surface area contributed by atoms with E-state index in [0.29, 0.717) is 19.6 Å². The summed E-state index contributed by atoms with van der Waals surface area (Å²) in [5, 5.41) is 41.3. The molecule has 16 heteroatoms. The van der Waals surface area contributed by atoms with E-state index < -0.39 is 55.8 Å². The SMILES string of the molecule is CCOC(P=O)(c1ccc([N+](=O)[O-])cc1)C1CN(CC(=O)O)CCN(CC(=O)O)CCNCCN1CC(=O)O. The molecule has 1 aliphatic rings. The molecule has 0 amide bonds. The Kier molecular flexibility index (Phi) is 12.8. The predicted molar refractivity (Wildman–Crippen MR) is 138 cm³/mol. The van der Waals surface area contributed by atoms with Gasteiger partial charge in [0.25, 0.3) is 5.69 Å². The van der Waals surface area contributed by atoms with Crippen LogP contribution >= 0.6 is 8.46 Å². The maximum atomic E-state index is 13.0. The van der Waals surface area contributed by atoms with Crippen molar-refractivity contribution in [2.24, 2.45) is 0 Å². The number of ether oxygens (including phenoxy) is 1. The molecule has 2 rings (SSSR count). The molecule has 1 fully saturated rings. The molecule has 0 radical (unpaired) electrons. The second-order valence-corrected chi connectivity index (χ2v) is 9.80. The number of benzene rings is 1. The van der Waals surface area contributed by atoms with Crippen molar-refractivity contribution in [3.05, 3.63) is 39.9 Å². The Bertz CT molecular complexity index is 1010. The lowest BCUT2D eigenvalue weighted by Gasteiger charge is -2.44. The summed E-state index contributed by atoms with van der Waals surface area (Å²) < 4.78 is 19.0. The zero-order chi connectivity index (χ0) is 29.0. The second-order valence-electron chi connectivity index (χ2n) is 8.95. The normalized spacial score (nSPS) is 20.4. The van der Waals surface area contributed by atoms with Crippen LogP contribution in [0.4, 0.5) is 5.69 Å². The minimum atomic E-state index is -1.71. The van der Waals surface area contributed by atoms with Gasteiger partial charge in [-0.15, -0.1) is 0 Å². The van der Waals surface area contributed by atoms with Crippen LogP contribution in [-0.4, -0.2) is 131 Å². The molecule has 15 nitrogen and oxygen atoms in total. The van der Waals surface area contributed by atoms with E-state index >= 15 is 0 Å². The maximum Gasteiger partial charge on any atom is 0.317 e. The standard InChI is InChI=1S/C23H34N5O10P/c1-2-38-23(39-37,17-3-5-18(6-4-17)28(35)36)19-13-26(15-21(31)32)12-11-25(14-20(29)30)9-7-24-8-10-27(19)16-22(33)34/h3-6,19,24H,2,7-16H2,1H3,(H,29,30)(H,31,32)(H,33,34). The van der Waals surface area contributed by atoms with E-state index in [1.807, 2.05) is 0 Å². The van der Waals surface area contributed by atoms with Crippen molar-refractivity contribution in [2.75, 3.05) is 72.1 Å². The monoisotopic (exact) mass is 571 g/mol. The predicted octanol–water partition coefficient (Wildman–Crippen LogP) is 0.207. The first-order chi connectivity index (χ1) is 18.5. The highest BCUT2D eigenvalue weighted by Gasteiger charge is 2.47. The number of carboxylic acid groups (broad SMARTS) is 3. The van der Waals surface area contributed by atoms with Gasteiger partial charge in [-0.25, -0.2) is 0 Å². The lowest BCUT2D eigenvalue weighted by molar-refractivity contribution is -0.384. The highest BCUT2D eigenvalue weighted by molar-refractivity contribution is 7.25. The van der Waals surface area contributed by atoms with Gasteiger partial charge in [0.15, 0.2) is 13.8 Å². The largest absolute Gasteiger partial charge is 0.480 e. The van der Waals surface area contributed by atoms with Crippen LogP contribution in [0.25, 0.3) is 0 Å². The Balaban J connectivity index is 2.63. The van der Waals surface area contributed by atoms with E-state index in [0.717, 1.165) is 0 Å². The topological polar surface area (TPSA) is 203 Å². The lowest BCUT2D eigenvalue weighted by atomic mass is 9.97. The van der Waals surface area contributed by atoms with Crippen molar-refractivity contribution in [3.8, 4) is 0 Å². The molecular weight excluding hydrogens is 537 g/mol. The molecule has 1 aliphatic heterocycles. The van der Waals surface area contributed by atoms with Crippen molar-refractivity contribution in [1.82, 2.24) is 20.0 Å². The van der Waals surface area contributed by atoms with Gasteiger partial charge in [-0.1, -0.05) is 0 Å². The first-order valence-electron chi connectivity index (χ1n) is 12.3.